The van der Waals surface area contributed by atoms with Gasteiger partial charge in [0.25, 0.3) is 0 Å². The van der Waals surface area contributed by atoms with Crippen LogP contribution < -0.4 is 0 Å². The molecule has 2 fully saturated rings. The van der Waals surface area contributed by atoms with Crippen LogP contribution in [0.1, 0.15) is 37.7 Å². The molecule has 1 saturated carbocycles. The molecule has 0 spiro atoms. The second kappa shape index (κ2) is 5.64. The van der Waals surface area contributed by atoms with Gasteiger partial charge in [-0.2, -0.15) is 0 Å². The van der Waals surface area contributed by atoms with Crippen LogP contribution >= 0.6 is 0 Å². The third-order valence-electron chi connectivity index (χ3n) is 5.11. The van der Waals surface area contributed by atoms with Gasteiger partial charge in [-0.05, 0) is 37.2 Å². The highest BCUT2D eigenvalue weighted by molar-refractivity contribution is 5.78. The second-order valence-electron chi connectivity index (χ2n) is 6.46. The zero-order chi connectivity index (χ0) is 14.9. The van der Waals surface area contributed by atoms with E-state index in [1.807, 2.05) is 29.2 Å². The highest BCUT2D eigenvalue weighted by Crippen LogP contribution is 2.46. The van der Waals surface area contributed by atoms with Crippen LogP contribution in [-0.4, -0.2) is 27.6 Å². The minimum atomic E-state index is -0.314. The topological polar surface area (TPSA) is 40.5 Å². The molecule has 3 atom stereocenters. The molecule has 21 heavy (non-hydrogen) atoms. The van der Waals surface area contributed by atoms with Crippen LogP contribution in [0.5, 0.6) is 0 Å². The molecule has 1 amide bonds. The third kappa shape index (κ3) is 2.62. The number of benzene rings is 1. The molecular weight excluding hydrogens is 262 g/mol. The van der Waals surface area contributed by atoms with Crippen LogP contribution in [0.15, 0.2) is 43.0 Å². The van der Waals surface area contributed by atoms with Gasteiger partial charge in [-0.3, -0.25) is 4.79 Å². The zero-order valence-corrected chi connectivity index (χ0v) is 12.4. The summed E-state index contributed by atoms with van der Waals surface area (Å²) in [6.07, 6.45) is 5.46. The summed E-state index contributed by atoms with van der Waals surface area (Å²) in [4.78, 5) is 14.7. The van der Waals surface area contributed by atoms with Crippen LogP contribution in [0.4, 0.5) is 0 Å². The minimum absolute atomic E-state index is 0.123. The molecule has 0 aromatic heterocycles. The molecule has 2 bridgehead atoms. The standard InChI is InChI=1S/C18H23NO2/c1-2-9-18-10-8-16(20)15(12-18)11-17(21)19(18)13-14-6-4-3-5-7-14/h2-7,15-16,20H,1,8-13H2/t15-,16-,18-/m0/s1. The lowest BCUT2D eigenvalue weighted by Crippen LogP contribution is -2.60. The van der Waals surface area contributed by atoms with Crippen LogP contribution in [0.25, 0.3) is 0 Å². The lowest BCUT2D eigenvalue weighted by molar-refractivity contribution is -0.155. The fraction of sp³-hybridized carbons (Fsp3) is 0.500. The summed E-state index contributed by atoms with van der Waals surface area (Å²) in [5.74, 6) is 0.300. The number of rotatable bonds is 4. The lowest BCUT2D eigenvalue weighted by atomic mass is 9.67. The molecule has 1 aliphatic carbocycles. The van der Waals surface area contributed by atoms with Crippen LogP contribution in [-0.2, 0) is 11.3 Å². The maximum atomic E-state index is 12.6. The Kier molecular flexibility index (Phi) is 3.85. The summed E-state index contributed by atoms with van der Waals surface area (Å²) < 4.78 is 0. The van der Waals surface area contributed by atoms with Crippen molar-refractivity contribution >= 4 is 5.91 Å². The average Bonchev–Trinajstić information content (AvgIpc) is 2.49. The molecule has 1 N–H and O–H groups in total. The van der Waals surface area contributed by atoms with E-state index in [9.17, 15) is 9.90 Å². The van der Waals surface area contributed by atoms with E-state index in [0.717, 1.165) is 25.7 Å². The van der Waals surface area contributed by atoms with Gasteiger partial charge >= 0.3 is 0 Å². The van der Waals surface area contributed by atoms with Gasteiger partial charge in [0.05, 0.1) is 6.10 Å². The van der Waals surface area contributed by atoms with Gasteiger partial charge in [-0.15, -0.1) is 6.58 Å². The van der Waals surface area contributed by atoms with Gasteiger partial charge < -0.3 is 10.0 Å². The smallest absolute Gasteiger partial charge is 0.223 e. The summed E-state index contributed by atoms with van der Waals surface area (Å²) in [7, 11) is 0. The Morgan fingerprint density at radius 3 is 2.86 bits per heavy atom. The van der Waals surface area contributed by atoms with Crippen LogP contribution in [0.2, 0.25) is 0 Å². The number of nitrogens with zero attached hydrogens (tertiary/aromatic N) is 1. The fourth-order valence-corrected chi connectivity index (χ4v) is 4.02. The number of likely N-dealkylation sites (tertiary alicyclic amines) is 1. The minimum Gasteiger partial charge on any atom is -0.393 e. The lowest BCUT2D eigenvalue weighted by Gasteiger charge is -2.54. The number of aliphatic hydroxyl groups excluding tert-OH is 1. The van der Waals surface area contributed by atoms with E-state index in [2.05, 4.69) is 18.7 Å². The number of aliphatic hydroxyl groups is 1. The summed E-state index contributed by atoms with van der Waals surface area (Å²) in [5.41, 5.74) is 1.02. The highest BCUT2D eigenvalue weighted by atomic mass is 16.3. The average molecular weight is 285 g/mol. The molecule has 1 aromatic carbocycles. The van der Waals surface area contributed by atoms with E-state index in [1.54, 1.807) is 0 Å². The molecule has 3 rings (SSSR count). The summed E-state index contributed by atoms with van der Waals surface area (Å²) >= 11 is 0. The molecule has 2 aliphatic rings. The number of hydrogen-bond acceptors (Lipinski definition) is 2. The maximum Gasteiger partial charge on any atom is 0.223 e. The van der Waals surface area contributed by atoms with E-state index < -0.39 is 0 Å². The first-order valence-corrected chi connectivity index (χ1v) is 7.78. The Balaban J connectivity index is 1.89. The Hall–Kier alpha value is -1.61. The molecule has 1 saturated heterocycles. The predicted molar refractivity (Wildman–Crippen MR) is 82.5 cm³/mol. The Morgan fingerprint density at radius 1 is 1.38 bits per heavy atom. The molecule has 1 heterocycles. The van der Waals surface area contributed by atoms with Gasteiger partial charge in [0, 0.05) is 18.5 Å². The quantitative estimate of drug-likeness (QED) is 0.864. The van der Waals surface area contributed by atoms with Crippen LogP contribution in [0.3, 0.4) is 0 Å². The fourth-order valence-electron chi connectivity index (χ4n) is 4.02. The molecule has 0 unspecified atom stereocenters. The van der Waals surface area contributed by atoms with Crippen molar-refractivity contribution in [3.05, 3.63) is 48.6 Å². The molecule has 3 heteroatoms. The van der Waals surface area contributed by atoms with Crippen molar-refractivity contribution in [1.82, 2.24) is 4.90 Å². The van der Waals surface area contributed by atoms with Crippen molar-refractivity contribution in [2.45, 2.75) is 50.3 Å². The normalized spacial score (nSPS) is 32.0. The number of carbonyl (C=O) groups is 1. The first-order valence-electron chi connectivity index (χ1n) is 7.78. The molecule has 112 valence electrons. The Labute approximate surface area is 126 Å². The van der Waals surface area contributed by atoms with Gasteiger partial charge in [0.15, 0.2) is 0 Å². The third-order valence-corrected chi connectivity index (χ3v) is 5.11. The zero-order valence-electron chi connectivity index (χ0n) is 12.4. The SMILES string of the molecule is C=CC[C@@]12CC[C@H](O)[C@@H](CC(=O)N1Cc1ccccc1)C2. The van der Waals surface area contributed by atoms with Gasteiger partial charge in [0.1, 0.15) is 0 Å². The van der Waals surface area contributed by atoms with E-state index in [-0.39, 0.29) is 23.5 Å². The van der Waals surface area contributed by atoms with Crippen molar-refractivity contribution in [2.75, 3.05) is 0 Å². The summed E-state index contributed by atoms with van der Waals surface area (Å²) in [6.45, 7) is 4.55. The molecular formula is C18H23NO2. The van der Waals surface area contributed by atoms with Gasteiger partial charge in [0.2, 0.25) is 5.91 Å². The van der Waals surface area contributed by atoms with Crippen molar-refractivity contribution in [2.24, 2.45) is 5.92 Å². The monoisotopic (exact) mass is 285 g/mol. The molecule has 0 radical (unpaired) electrons. The van der Waals surface area contributed by atoms with E-state index >= 15 is 0 Å². The summed E-state index contributed by atoms with van der Waals surface area (Å²) in [5, 5.41) is 10.1. The van der Waals surface area contributed by atoms with E-state index in [4.69, 9.17) is 0 Å². The van der Waals surface area contributed by atoms with E-state index in [1.165, 1.54) is 5.56 Å². The largest absolute Gasteiger partial charge is 0.393 e. The second-order valence-corrected chi connectivity index (χ2v) is 6.46. The van der Waals surface area contributed by atoms with Crippen molar-refractivity contribution in [1.29, 1.82) is 0 Å². The first-order chi connectivity index (χ1) is 10.1. The van der Waals surface area contributed by atoms with Crippen molar-refractivity contribution < 1.29 is 9.90 Å². The number of carbonyl (C=O) groups excluding carboxylic acids is 1. The number of hydrogen-bond donors (Lipinski definition) is 1. The molecule has 1 aliphatic heterocycles. The predicted octanol–water partition coefficient (Wildman–Crippen LogP) is 2.89. The van der Waals surface area contributed by atoms with Crippen molar-refractivity contribution in [3.8, 4) is 0 Å². The van der Waals surface area contributed by atoms with Gasteiger partial charge in [-0.1, -0.05) is 36.4 Å². The molecule has 3 nitrogen and oxygen atoms in total. The van der Waals surface area contributed by atoms with Gasteiger partial charge in [-0.25, -0.2) is 0 Å². The highest BCUT2D eigenvalue weighted by Gasteiger charge is 2.49. The Bertz CT molecular complexity index is 527. The number of fused-ring (bicyclic) bond motifs is 2. The first kappa shape index (κ1) is 14.3. The van der Waals surface area contributed by atoms with E-state index in [0.29, 0.717) is 13.0 Å². The number of piperidine rings is 1. The number of amides is 1. The summed E-state index contributed by atoms with van der Waals surface area (Å²) in [6, 6.07) is 10.2. The Morgan fingerprint density at radius 2 is 2.14 bits per heavy atom. The molecule has 1 aromatic rings. The maximum absolute atomic E-state index is 12.6. The van der Waals surface area contributed by atoms with Crippen LogP contribution in [0, 0.1) is 5.92 Å². The van der Waals surface area contributed by atoms with Crippen molar-refractivity contribution in [3.63, 3.8) is 0 Å².